The van der Waals surface area contributed by atoms with Crippen molar-refractivity contribution in [3.63, 3.8) is 0 Å². The maximum Gasteiger partial charge on any atom is 0.264 e. The van der Waals surface area contributed by atoms with Gasteiger partial charge < -0.3 is 10.2 Å². The highest BCUT2D eigenvalue weighted by atomic mass is 32.1. The monoisotopic (exact) mass is 368 g/mol. The molecule has 6 heteroatoms. The SMILES string of the molecule is CCc1ccc(C2CNCCN2C(=O)c2cc3c(C)nn(C)c3s2)cc1. The zero-order valence-electron chi connectivity index (χ0n) is 15.5. The fourth-order valence-electron chi connectivity index (χ4n) is 3.67. The number of benzene rings is 1. The predicted molar refractivity (Wildman–Crippen MR) is 106 cm³/mol. The largest absolute Gasteiger partial charge is 0.328 e. The van der Waals surface area contributed by atoms with Crippen LogP contribution >= 0.6 is 11.3 Å². The van der Waals surface area contributed by atoms with Crippen LogP contribution in [-0.4, -0.2) is 40.2 Å². The van der Waals surface area contributed by atoms with E-state index in [9.17, 15) is 4.79 Å². The molecule has 3 aromatic rings. The van der Waals surface area contributed by atoms with Gasteiger partial charge in [-0.2, -0.15) is 5.10 Å². The molecule has 2 aromatic heterocycles. The molecule has 4 rings (SSSR count). The van der Waals surface area contributed by atoms with E-state index >= 15 is 0 Å². The Labute approximate surface area is 157 Å². The van der Waals surface area contributed by atoms with Gasteiger partial charge in [0.1, 0.15) is 4.83 Å². The number of aryl methyl sites for hydroxylation is 3. The summed E-state index contributed by atoms with van der Waals surface area (Å²) in [6.07, 6.45) is 1.03. The fourth-order valence-corrected chi connectivity index (χ4v) is 4.75. The third-order valence-electron chi connectivity index (χ3n) is 5.18. The minimum absolute atomic E-state index is 0.0755. The zero-order valence-corrected chi connectivity index (χ0v) is 16.3. The summed E-state index contributed by atoms with van der Waals surface area (Å²) in [6.45, 7) is 6.51. The van der Waals surface area contributed by atoms with Crippen molar-refractivity contribution in [3.8, 4) is 0 Å². The quantitative estimate of drug-likeness (QED) is 0.772. The van der Waals surface area contributed by atoms with Gasteiger partial charge in [-0.1, -0.05) is 31.2 Å². The molecule has 1 aliphatic heterocycles. The minimum Gasteiger partial charge on any atom is -0.328 e. The molecule has 1 fully saturated rings. The predicted octanol–water partition coefficient (Wildman–Crippen LogP) is 3.29. The van der Waals surface area contributed by atoms with Crippen LogP contribution in [0.2, 0.25) is 0 Å². The zero-order chi connectivity index (χ0) is 18.3. The second-order valence-corrected chi connectivity index (χ2v) is 7.88. The third kappa shape index (κ3) is 2.93. The normalized spacial score (nSPS) is 17.8. The lowest BCUT2D eigenvalue weighted by Gasteiger charge is -2.36. The van der Waals surface area contributed by atoms with Crippen LogP contribution in [0.5, 0.6) is 0 Å². The Hall–Kier alpha value is -2.18. The number of amides is 1. The first-order valence-electron chi connectivity index (χ1n) is 9.12. The lowest BCUT2D eigenvalue weighted by Crippen LogP contribution is -2.48. The van der Waals surface area contributed by atoms with E-state index in [0.29, 0.717) is 0 Å². The van der Waals surface area contributed by atoms with Crippen LogP contribution in [0.15, 0.2) is 30.3 Å². The smallest absolute Gasteiger partial charge is 0.264 e. The summed E-state index contributed by atoms with van der Waals surface area (Å²) in [4.78, 5) is 17.2. The first-order chi connectivity index (χ1) is 12.6. The van der Waals surface area contributed by atoms with Gasteiger partial charge in [0.2, 0.25) is 0 Å². The summed E-state index contributed by atoms with van der Waals surface area (Å²) in [5.74, 6) is 0.122. The Bertz CT molecular complexity index is 906. The number of piperazine rings is 1. The number of hydrogen-bond acceptors (Lipinski definition) is 4. The van der Waals surface area contributed by atoms with Gasteiger partial charge in [-0.3, -0.25) is 9.48 Å². The van der Waals surface area contributed by atoms with Crippen molar-refractivity contribution in [2.24, 2.45) is 7.05 Å². The summed E-state index contributed by atoms with van der Waals surface area (Å²) < 4.78 is 1.87. The summed E-state index contributed by atoms with van der Waals surface area (Å²) in [6, 6.07) is 10.7. The number of hydrogen-bond donors (Lipinski definition) is 1. The van der Waals surface area contributed by atoms with Crippen LogP contribution < -0.4 is 5.32 Å². The highest BCUT2D eigenvalue weighted by Gasteiger charge is 2.30. The molecule has 3 heterocycles. The number of nitrogens with zero attached hydrogens (tertiary/aromatic N) is 3. The Kier molecular flexibility index (Phi) is 4.54. The average Bonchev–Trinajstić information content (AvgIpc) is 3.23. The van der Waals surface area contributed by atoms with Crippen molar-refractivity contribution in [1.29, 1.82) is 0 Å². The number of carbonyl (C=O) groups is 1. The van der Waals surface area contributed by atoms with E-state index in [0.717, 1.165) is 46.8 Å². The van der Waals surface area contributed by atoms with Gasteiger partial charge in [0.25, 0.3) is 5.91 Å². The Morgan fingerprint density at radius 2 is 2.12 bits per heavy atom. The standard InChI is InChI=1S/C20H24N4OS/c1-4-14-5-7-15(8-6-14)17-12-21-9-10-24(17)19(25)18-11-16-13(2)22-23(3)20(16)26-18/h5-8,11,17,21H,4,9-10,12H2,1-3H3. The van der Waals surface area contributed by atoms with E-state index in [4.69, 9.17) is 0 Å². The molecule has 5 nitrogen and oxygen atoms in total. The number of carbonyl (C=O) groups excluding carboxylic acids is 1. The highest BCUT2D eigenvalue weighted by Crippen LogP contribution is 2.31. The van der Waals surface area contributed by atoms with E-state index in [1.807, 2.05) is 29.6 Å². The maximum atomic E-state index is 13.3. The number of nitrogens with one attached hydrogen (secondary N) is 1. The van der Waals surface area contributed by atoms with Gasteiger partial charge in [-0.05, 0) is 30.5 Å². The highest BCUT2D eigenvalue weighted by molar-refractivity contribution is 7.20. The first kappa shape index (κ1) is 17.2. The van der Waals surface area contributed by atoms with E-state index in [1.54, 1.807) is 0 Å². The summed E-state index contributed by atoms with van der Waals surface area (Å²) in [5.41, 5.74) is 3.49. The van der Waals surface area contributed by atoms with E-state index in [2.05, 4.69) is 41.6 Å². The molecule has 0 aliphatic carbocycles. The molecule has 136 valence electrons. The molecule has 1 N–H and O–H groups in total. The van der Waals surface area contributed by atoms with Crippen LogP contribution in [0.4, 0.5) is 0 Å². The molecule has 1 aromatic carbocycles. The molecule has 1 atom stereocenters. The molecule has 1 unspecified atom stereocenters. The third-order valence-corrected chi connectivity index (χ3v) is 6.37. The molecular formula is C20H24N4OS. The number of thiophene rings is 1. The van der Waals surface area contributed by atoms with E-state index < -0.39 is 0 Å². The summed E-state index contributed by atoms with van der Waals surface area (Å²) in [5, 5.41) is 8.95. The topological polar surface area (TPSA) is 50.2 Å². The maximum absolute atomic E-state index is 13.3. The molecule has 0 bridgehead atoms. The van der Waals surface area contributed by atoms with Gasteiger partial charge in [-0.25, -0.2) is 0 Å². The second-order valence-electron chi connectivity index (χ2n) is 6.85. The number of fused-ring (bicyclic) bond motifs is 1. The molecule has 0 saturated carbocycles. The van der Waals surface area contributed by atoms with Crippen LogP contribution in [0.25, 0.3) is 10.2 Å². The number of aromatic nitrogens is 2. The van der Waals surface area contributed by atoms with Gasteiger partial charge >= 0.3 is 0 Å². The lowest BCUT2D eigenvalue weighted by atomic mass is 10.0. The fraction of sp³-hybridized carbons (Fsp3) is 0.400. The van der Waals surface area contributed by atoms with Crippen molar-refractivity contribution in [1.82, 2.24) is 20.0 Å². The molecule has 26 heavy (non-hydrogen) atoms. The Balaban J connectivity index is 1.65. The van der Waals surface area contributed by atoms with Gasteiger partial charge in [0, 0.05) is 32.1 Å². The lowest BCUT2D eigenvalue weighted by molar-refractivity contribution is 0.0639. The molecule has 0 radical (unpaired) electrons. The van der Waals surface area contributed by atoms with Crippen LogP contribution in [0.1, 0.15) is 39.5 Å². The average molecular weight is 369 g/mol. The van der Waals surface area contributed by atoms with Crippen molar-refractivity contribution in [3.05, 3.63) is 52.0 Å². The van der Waals surface area contributed by atoms with Crippen molar-refractivity contribution in [2.75, 3.05) is 19.6 Å². The van der Waals surface area contributed by atoms with E-state index in [1.165, 1.54) is 22.5 Å². The molecule has 0 spiro atoms. The van der Waals surface area contributed by atoms with Gasteiger partial charge in [-0.15, -0.1) is 11.3 Å². The molecule has 1 saturated heterocycles. The first-order valence-corrected chi connectivity index (χ1v) is 9.93. The van der Waals surface area contributed by atoms with Crippen molar-refractivity contribution >= 4 is 27.5 Å². The summed E-state index contributed by atoms with van der Waals surface area (Å²) in [7, 11) is 1.93. The van der Waals surface area contributed by atoms with Crippen molar-refractivity contribution < 1.29 is 4.79 Å². The number of rotatable bonds is 3. The van der Waals surface area contributed by atoms with Crippen LogP contribution in [0, 0.1) is 6.92 Å². The van der Waals surface area contributed by atoms with E-state index in [-0.39, 0.29) is 11.9 Å². The second kappa shape index (κ2) is 6.85. The van der Waals surface area contributed by atoms with Gasteiger partial charge in [0.05, 0.1) is 16.6 Å². The molecular weight excluding hydrogens is 344 g/mol. The van der Waals surface area contributed by atoms with Gasteiger partial charge in [0.15, 0.2) is 0 Å². The molecule has 1 amide bonds. The molecule has 1 aliphatic rings. The minimum atomic E-state index is 0.0755. The summed E-state index contributed by atoms with van der Waals surface area (Å²) >= 11 is 1.54. The Morgan fingerprint density at radius 3 is 2.81 bits per heavy atom. The van der Waals surface area contributed by atoms with Crippen LogP contribution in [-0.2, 0) is 13.5 Å². The van der Waals surface area contributed by atoms with Crippen LogP contribution in [0.3, 0.4) is 0 Å². The Morgan fingerprint density at radius 1 is 1.35 bits per heavy atom. The van der Waals surface area contributed by atoms with Crippen molar-refractivity contribution in [2.45, 2.75) is 26.3 Å².